The van der Waals surface area contributed by atoms with Gasteiger partial charge in [0.1, 0.15) is 0 Å². The summed E-state index contributed by atoms with van der Waals surface area (Å²) < 4.78 is 3.32. The van der Waals surface area contributed by atoms with Gasteiger partial charge in [-0.3, -0.25) is 0 Å². The maximum Gasteiger partial charge on any atom is 0.0499 e. The monoisotopic (exact) mass is 319 g/mol. The van der Waals surface area contributed by atoms with Crippen LogP contribution in [-0.2, 0) is 6.54 Å². The SMILES string of the molecule is Clc1cccc2c1ccn2Cc1ccc(Br)cc1. The molecule has 0 saturated heterocycles. The summed E-state index contributed by atoms with van der Waals surface area (Å²) in [4.78, 5) is 0. The van der Waals surface area contributed by atoms with Crippen molar-refractivity contribution >= 4 is 38.4 Å². The number of hydrogen-bond donors (Lipinski definition) is 0. The molecule has 0 aliphatic rings. The van der Waals surface area contributed by atoms with Gasteiger partial charge >= 0.3 is 0 Å². The number of aromatic nitrogens is 1. The minimum Gasteiger partial charge on any atom is -0.343 e. The molecule has 1 nitrogen and oxygen atoms in total. The van der Waals surface area contributed by atoms with Crippen LogP contribution < -0.4 is 0 Å². The zero-order valence-corrected chi connectivity index (χ0v) is 11.9. The lowest BCUT2D eigenvalue weighted by atomic mass is 10.2. The van der Waals surface area contributed by atoms with Crippen molar-refractivity contribution in [2.75, 3.05) is 0 Å². The summed E-state index contributed by atoms with van der Waals surface area (Å²) in [5, 5.41) is 1.92. The summed E-state index contributed by atoms with van der Waals surface area (Å²) in [6, 6.07) is 16.5. The van der Waals surface area contributed by atoms with Crippen molar-refractivity contribution in [2.24, 2.45) is 0 Å². The Kier molecular flexibility index (Phi) is 3.14. The maximum absolute atomic E-state index is 6.17. The molecule has 90 valence electrons. The molecule has 0 fully saturated rings. The summed E-state index contributed by atoms with van der Waals surface area (Å²) in [5.74, 6) is 0. The van der Waals surface area contributed by atoms with Crippen molar-refractivity contribution in [2.45, 2.75) is 6.54 Å². The summed E-state index contributed by atoms with van der Waals surface area (Å²) >= 11 is 9.62. The van der Waals surface area contributed by atoms with Gasteiger partial charge in [-0.15, -0.1) is 0 Å². The molecule has 0 spiro atoms. The highest BCUT2D eigenvalue weighted by Gasteiger charge is 2.04. The molecule has 0 amide bonds. The van der Waals surface area contributed by atoms with E-state index in [9.17, 15) is 0 Å². The third kappa shape index (κ3) is 2.18. The first-order valence-electron chi connectivity index (χ1n) is 5.72. The molecule has 0 atom stereocenters. The third-order valence-electron chi connectivity index (χ3n) is 3.03. The first kappa shape index (κ1) is 11.8. The van der Waals surface area contributed by atoms with Crippen molar-refractivity contribution in [1.82, 2.24) is 4.57 Å². The van der Waals surface area contributed by atoms with E-state index in [1.165, 1.54) is 11.1 Å². The Hall–Kier alpha value is -1.25. The Balaban J connectivity index is 2.00. The Morgan fingerprint density at radius 1 is 1.00 bits per heavy atom. The standard InChI is InChI=1S/C15H11BrClN/c16-12-6-4-11(5-7-12)10-18-9-8-13-14(17)2-1-3-15(13)18/h1-9H,10H2. The second-order valence-corrected chi connectivity index (χ2v) is 5.57. The normalized spacial score (nSPS) is 11.0. The Morgan fingerprint density at radius 2 is 1.78 bits per heavy atom. The van der Waals surface area contributed by atoms with Crippen LogP contribution in [0.1, 0.15) is 5.56 Å². The number of fused-ring (bicyclic) bond motifs is 1. The number of halogens is 2. The lowest BCUT2D eigenvalue weighted by Gasteiger charge is -2.06. The summed E-state index contributed by atoms with van der Waals surface area (Å²) in [5.41, 5.74) is 2.45. The van der Waals surface area contributed by atoms with Crippen LogP contribution in [0.5, 0.6) is 0 Å². The molecule has 2 aromatic carbocycles. The molecule has 1 aromatic heterocycles. The van der Waals surface area contributed by atoms with Gasteiger partial charge in [0, 0.05) is 33.1 Å². The summed E-state index contributed by atoms with van der Waals surface area (Å²) in [6.45, 7) is 0.858. The van der Waals surface area contributed by atoms with Gasteiger partial charge in [-0.25, -0.2) is 0 Å². The molecule has 3 aromatic rings. The highest BCUT2D eigenvalue weighted by Crippen LogP contribution is 2.25. The third-order valence-corrected chi connectivity index (χ3v) is 3.88. The molecular weight excluding hydrogens is 310 g/mol. The first-order valence-corrected chi connectivity index (χ1v) is 6.89. The molecule has 1 heterocycles. The largest absolute Gasteiger partial charge is 0.343 e. The predicted molar refractivity (Wildman–Crippen MR) is 80.2 cm³/mol. The van der Waals surface area contributed by atoms with Crippen LogP contribution in [-0.4, -0.2) is 4.57 Å². The molecule has 0 unspecified atom stereocenters. The van der Waals surface area contributed by atoms with Gasteiger partial charge in [0.25, 0.3) is 0 Å². The molecule has 3 rings (SSSR count). The molecule has 0 N–H and O–H groups in total. The van der Waals surface area contributed by atoms with E-state index < -0.39 is 0 Å². The highest BCUT2D eigenvalue weighted by atomic mass is 79.9. The van der Waals surface area contributed by atoms with E-state index in [1.54, 1.807) is 0 Å². The quantitative estimate of drug-likeness (QED) is 0.618. The van der Waals surface area contributed by atoms with Gasteiger partial charge in [0.15, 0.2) is 0 Å². The van der Waals surface area contributed by atoms with E-state index in [1.807, 2.05) is 12.1 Å². The minimum absolute atomic E-state index is 0.807. The predicted octanol–water partition coefficient (Wildman–Crippen LogP) is 5.11. The molecule has 0 saturated carbocycles. The van der Waals surface area contributed by atoms with Crippen molar-refractivity contribution in [3.05, 3.63) is 69.8 Å². The average Bonchev–Trinajstić information content (AvgIpc) is 2.77. The number of hydrogen-bond acceptors (Lipinski definition) is 0. The van der Waals surface area contributed by atoms with Crippen LogP contribution in [0.15, 0.2) is 59.2 Å². The Labute approximate surface area is 119 Å². The second-order valence-electron chi connectivity index (χ2n) is 4.24. The maximum atomic E-state index is 6.17. The lowest BCUT2D eigenvalue weighted by Crippen LogP contribution is -1.97. The van der Waals surface area contributed by atoms with Crippen LogP contribution in [0.4, 0.5) is 0 Å². The van der Waals surface area contributed by atoms with Gasteiger partial charge < -0.3 is 4.57 Å². The fraction of sp³-hybridized carbons (Fsp3) is 0.0667. The van der Waals surface area contributed by atoms with Crippen molar-refractivity contribution in [1.29, 1.82) is 0 Å². The number of nitrogens with zero attached hydrogens (tertiary/aromatic N) is 1. The molecule has 0 aliphatic carbocycles. The van der Waals surface area contributed by atoms with E-state index in [4.69, 9.17) is 11.6 Å². The highest BCUT2D eigenvalue weighted by molar-refractivity contribution is 9.10. The van der Waals surface area contributed by atoms with Crippen molar-refractivity contribution in [3.63, 3.8) is 0 Å². The van der Waals surface area contributed by atoms with Gasteiger partial charge in [-0.05, 0) is 35.9 Å². The van der Waals surface area contributed by atoms with E-state index in [-0.39, 0.29) is 0 Å². The van der Waals surface area contributed by atoms with Gasteiger partial charge in [-0.2, -0.15) is 0 Å². The van der Waals surface area contributed by atoms with E-state index in [0.717, 1.165) is 21.4 Å². The topological polar surface area (TPSA) is 4.93 Å². The van der Waals surface area contributed by atoms with Crippen molar-refractivity contribution in [3.8, 4) is 0 Å². The Morgan fingerprint density at radius 3 is 2.56 bits per heavy atom. The van der Waals surface area contributed by atoms with Crippen LogP contribution in [0.25, 0.3) is 10.9 Å². The average molecular weight is 321 g/mol. The molecule has 0 aliphatic heterocycles. The van der Waals surface area contributed by atoms with Gasteiger partial charge in [0.05, 0.1) is 0 Å². The Bertz CT molecular complexity index is 685. The lowest BCUT2D eigenvalue weighted by molar-refractivity contribution is 0.837. The number of benzene rings is 2. The summed E-state index contributed by atoms with van der Waals surface area (Å²) in [6.07, 6.45) is 2.08. The molecular formula is C15H11BrClN. The van der Waals surface area contributed by atoms with Crippen LogP contribution in [0.2, 0.25) is 5.02 Å². The zero-order valence-electron chi connectivity index (χ0n) is 9.61. The molecule has 3 heteroatoms. The minimum atomic E-state index is 0.807. The fourth-order valence-electron chi connectivity index (χ4n) is 2.11. The van der Waals surface area contributed by atoms with Crippen LogP contribution in [0.3, 0.4) is 0 Å². The first-order chi connectivity index (χ1) is 8.74. The fourth-order valence-corrected chi connectivity index (χ4v) is 2.61. The zero-order chi connectivity index (χ0) is 12.5. The summed E-state index contributed by atoms with van der Waals surface area (Å²) in [7, 11) is 0. The van der Waals surface area contributed by atoms with Gasteiger partial charge in [0.2, 0.25) is 0 Å². The molecule has 0 radical (unpaired) electrons. The molecule has 0 bridgehead atoms. The van der Waals surface area contributed by atoms with Crippen molar-refractivity contribution < 1.29 is 0 Å². The van der Waals surface area contributed by atoms with Gasteiger partial charge in [-0.1, -0.05) is 45.7 Å². The van der Waals surface area contributed by atoms with E-state index in [2.05, 4.69) is 63.1 Å². The van der Waals surface area contributed by atoms with E-state index >= 15 is 0 Å². The van der Waals surface area contributed by atoms with E-state index in [0.29, 0.717) is 0 Å². The second kappa shape index (κ2) is 4.79. The smallest absolute Gasteiger partial charge is 0.0499 e. The van der Waals surface area contributed by atoms with Crippen LogP contribution >= 0.6 is 27.5 Å². The number of rotatable bonds is 2. The van der Waals surface area contributed by atoms with Crippen LogP contribution in [0, 0.1) is 0 Å². The molecule has 18 heavy (non-hydrogen) atoms.